The predicted molar refractivity (Wildman–Crippen MR) is 125 cm³/mol. The zero-order chi connectivity index (χ0) is 24.7. The lowest BCUT2D eigenvalue weighted by molar-refractivity contribution is -0.137. The van der Waals surface area contributed by atoms with Gasteiger partial charge in [0.1, 0.15) is 17.2 Å². The van der Waals surface area contributed by atoms with Gasteiger partial charge in [-0.15, -0.1) is 0 Å². The first-order valence-electron chi connectivity index (χ1n) is 10.6. The van der Waals surface area contributed by atoms with Crippen molar-refractivity contribution in [1.29, 1.82) is 0 Å². The van der Waals surface area contributed by atoms with Crippen LogP contribution in [0.1, 0.15) is 52.7 Å². The molecule has 0 fully saturated rings. The van der Waals surface area contributed by atoms with Crippen molar-refractivity contribution < 1.29 is 23.9 Å². The maximum Gasteiger partial charge on any atom is 0.303 e. The molecule has 0 atom stereocenters. The molecule has 1 heterocycles. The quantitative estimate of drug-likeness (QED) is 0.209. The molecule has 3 rings (SSSR count). The van der Waals surface area contributed by atoms with Crippen molar-refractivity contribution in [2.75, 3.05) is 6.54 Å². The molecule has 0 aliphatic rings. The van der Waals surface area contributed by atoms with E-state index in [4.69, 9.17) is 16.7 Å². The van der Waals surface area contributed by atoms with E-state index in [2.05, 4.69) is 15.6 Å². The third-order valence-electron chi connectivity index (χ3n) is 5.08. The molecule has 0 unspecified atom stereocenters. The molecule has 2 aromatic carbocycles. The highest BCUT2D eigenvalue weighted by molar-refractivity contribution is 6.30. The van der Waals surface area contributed by atoms with E-state index in [1.165, 1.54) is 25.1 Å². The Kier molecular flexibility index (Phi) is 8.50. The van der Waals surface area contributed by atoms with E-state index in [1.807, 2.05) is 12.1 Å². The molecule has 3 aromatic rings. The summed E-state index contributed by atoms with van der Waals surface area (Å²) in [4.78, 5) is 34.9. The minimum atomic E-state index is -0.881. The molecule has 10 heteroatoms. The number of H-pyrrole nitrogens is 1. The minimum Gasteiger partial charge on any atom is -0.481 e. The lowest BCUT2D eigenvalue weighted by Gasteiger charge is -2.23. The van der Waals surface area contributed by atoms with Crippen LogP contribution in [0.5, 0.6) is 0 Å². The van der Waals surface area contributed by atoms with Crippen LogP contribution in [0.4, 0.5) is 4.39 Å². The number of carboxylic acids is 1. The zero-order valence-electron chi connectivity index (χ0n) is 18.5. The predicted octanol–water partition coefficient (Wildman–Crippen LogP) is 4.47. The first-order valence-corrected chi connectivity index (χ1v) is 11.0. The van der Waals surface area contributed by atoms with Gasteiger partial charge in [0.05, 0.1) is 0 Å². The summed E-state index contributed by atoms with van der Waals surface area (Å²) in [6.07, 6.45) is 1.03. The fourth-order valence-corrected chi connectivity index (χ4v) is 3.48. The van der Waals surface area contributed by atoms with Crippen LogP contribution in [0.3, 0.4) is 0 Å². The average molecular weight is 487 g/mol. The monoisotopic (exact) mass is 486 g/mol. The largest absolute Gasteiger partial charge is 0.481 e. The van der Waals surface area contributed by atoms with Gasteiger partial charge >= 0.3 is 5.97 Å². The van der Waals surface area contributed by atoms with E-state index < -0.39 is 11.9 Å². The molecule has 1 aromatic heterocycles. The normalized spacial score (nSPS) is 10.9. The van der Waals surface area contributed by atoms with Gasteiger partial charge in [0.25, 0.3) is 5.91 Å². The number of nitrogens with one attached hydrogen (secondary N) is 2. The molecule has 178 valence electrons. The number of carbonyl (C=O) groups excluding carboxylic acids is 2. The molecule has 0 radical (unpaired) electrons. The number of aromatic amines is 1. The lowest BCUT2D eigenvalue weighted by Crippen LogP contribution is -2.42. The van der Waals surface area contributed by atoms with Crippen LogP contribution >= 0.6 is 11.6 Å². The molecule has 3 N–H and O–H groups in total. The fourth-order valence-electron chi connectivity index (χ4n) is 3.30. The van der Waals surface area contributed by atoms with Crippen molar-refractivity contribution in [3.05, 3.63) is 76.3 Å². The first kappa shape index (κ1) is 25.1. The van der Waals surface area contributed by atoms with Crippen LogP contribution in [0, 0.1) is 5.82 Å². The minimum absolute atomic E-state index is 0.0319. The van der Waals surface area contributed by atoms with Gasteiger partial charge in [0.2, 0.25) is 0 Å². The summed E-state index contributed by atoms with van der Waals surface area (Å²) < 4.78 is 14.2. The number of rotatable bonds is 11. The number of hydrogen-bond acceptors (Lipinski definition) is 5. The number of Topliss-reactive ketones (excluding diaryl/α,β-unsaturated/α-hetero) is 1. The standard InChI is InChI=1S/C24H24ClFN4O4/c1-15(31)21-13-22(28-27-21)24(34)29-30(11-3-2-4-23(32)33)14-16-5-7-17(8-6-16)19-12-18(25)9-10-20(19)26/h5-10,12-13H,2-4,11,14H2,1H3,(H,27,28)(H,29,34)(H,32,33). The molecule has 0 saturated carbocycles. The molecular formula is C24H24ClFN4O4. The SMILES string of the molecule is CC(=O)c1cc(C(=O)NN(CCCCC(=O)O)Cc2ccc(-c3cc(Cl)ccc3F)cc2)[nH]n1. The maximum absolute atomic E-state index is 14.2. The van der Waals surface area contributed by atoms with Crippen LogP contribution in [0.15, 0.2) is 48.5 Å². The molecule has 0 saturated heterocycles. The number of amides is 1. The van der Waals surface area contributed by atoms with Crippen LogP contribution < -0.4 is 5.43 Å². The Balaban J connectivity index is 1.71. The molecule has 0 bridgehead atoms. The van der Waals surface area contributed by atoms with E-state index in [-0.39, 0.29) is 29.4 Å². The van der Waals surface area contributed by atoms with Gasteiger partial charge in [-0.3, -0.25) is 24.9 Å². The van der Waals surface area contributed by atoms with Crippen molar-refractivity contribution in [2.24, 2.45) is 0 Å². The Morgan fingerprint density at radius 1 is 1.12 bits per heavy atom. The van der Waals surface area contributed by atoms with Crippen LogP contribution in [-0.2, 0) is 11.3 Å². The summed E-state index contributed by atoms with van der Waals surface area (Å²) in [7, 11) is 0. The van der Waals surface area contributed by atoms with E-state index in [9.17, 15) is 18.8 Å². The molecule has 1 amide bonds. The molecule has 0 spiro atoms. The molecular weight excluding hydrogens is 463 g/mol. The number of carbonyl (C=O) groups is 3. The van der Waals surface area contributed by atoms with Crippen LogP contribution in [-0.4, -0.2) is 44.5 Å². The first-order chi connectivity index (χ1) is 16.2. The van der Waals surface area contributed by atoms with Gasteiger partial charge in [-0.05, 0) is 48.2 Å². The highest BCUT2D eigenvalue weighted by atomic mass is 35.5. The second-order valence-corrected chi connectivity index (χ2v) is 8.19. The van der Waals surface area contributed by atoms with Gasteiger partial charge in [-0.25, -0.2) is 9.40 Å². The van der Waals surface area contributed by atoms with Crippen molar-refractivity contribution in [2.45, 2.75) is 32.7 Å². The second kappa shape index (κ2) is 11.5. The number of aromatic nitrogens is 2. The van der Waals surface area contributed by atoms with Crippen LogP contribution in [0.2, 0.25) is 5.02 Å². The Labute approximate surface area is 200 Å². The Bertz CT molecular complexity index is 1180. The Morgan fingerprint density at radius 2 is 1.85 bits per heavy atom. The molecule has 34 heavy (non-hydrogen) atoms. The molecule has 0 aliphatic carbocycles. The fraction of sp³-hybridized carbons (Fsp3) is 0.250. The maximum atomic E-state index is 14.2. The van der Waals surface area contributed by atoms with Gasteiger partial charge < -0.3 is 5.11 Å². The number of benzene rings is 2. The number of ketones is 1. The van der Waals surface area contributed by atoms with Crippen molar-refractivity contribution >= 4 is 29.3 Å². The van der Waals surface area contributed by atoms with Crippen molar-refractivity contribution in [1.82, 2.24) is 20.6 Å². The van der Waals surface area contributed by atoms with Crippen molar-refractivity contribution in [3.8, 4) is 11.1 Å². The third-order valence-corrected chi connectivity index (χ3v) is 5.31. The highest BCUT2D eigenvalue weighted by Gasteiger charge is 2.16. The number of nitrogens with zero attached hydrogens (tertiary/aromatic N) is 2. The average Bonchev–Trinajstić information content (AvgIpc) is 3.30. The Hall–Kier alpha value is -3.56. The lowest BCUT2D eigenvalue weighted by atomic mass is 10.0. The van der Waals surface area contributed by atoms with E-state index in [1.54, 1.807) is 23.2 Å². The summed E-state index contributed by atoms with van der Waals surface area (Å²) in [6, 6.07) is 12.9. The van der Waals surface area contributed by atoms with E-state index in [0.29, 0.717) is 42.1 Å². The summed E-state index contributed by atoms with van der Waals surface area (Å²) in [6.45, 7) is 2.08. The van der Waals surface area contributed by atoms with Gasteiger partial charge in [0, 0.05) is 37.0 Å². The summed E-state index contributed by atoms with van der Waals surface area (Å²) in [5.74, 6) is -2.00. The topological polar surface area (TPSA) is 115 Å². The van der Waals surface area contributed by atoms with Crippen molar-refractivity contribution in [3.63, 3.8) is 0 Å². The number of carboxylic acid groups (broad SMARTS) is 1. The van der Waals surface area contributed by atoms with E-state index >= 15 is 0 Å². The van der Waals surface area contributed by atoms with Gasteiger partial charge in [-0.2, -0.15) is 5.10 Å². The number of unbranched alkanes of at least 4 members (excludes halogenated alkanes) is 1. The molecule has 0 aliphatic heterocycles. The van der Waals surface area contributed by atoms with Gasteiger partial charge in [-0.1, -0.05) is 35.9 Å². The highest BCUT2D eigenvalue weighted by Crippen LogP contribution is 2.26. The number of hydrazine groups is 1. The Morgan fingerprint density at radius 3 is 2.50 bits per heavy atom. The molecule has 8 nitrogen and oxygen atoms in total. The van der Waals surface area contributed by atoms with E-state index in [0.717, 1.165) is 5.56 Å². The number of halogens is 2. The summed E-state index contributed by atoms with van der Waals surface area (Å²) in [5, 5.41) is 17.3. The summed E-state index contributed by atoms with van der Waals surface area (Å²) >= 11 is 5.99. The second-order valence-electron chi connectivity index (χ2n) is 7.76. The smallest absolute Gasteiger partial charge is 0.303 e. The zero-order valence-corrected chi connectivity index (χ0v) is 19.2. The third kappa shape index (κ3) is 6.97. The summed E-state index contributed by atoms with van der Waals surface area (Å²) in [5.41, 5.74) is 4.95. The van der Waals surface area contributed by atoms with Gasteiger partial charge in [0.15, 0.2) is 5.78 Å². The number of hydrogen-bond donors (Lipinski definition) is 3. The number of aliphatic carboxylic acids is 1. The van der Waals surface area contributed by atoms with Crippen LogP contribution in [0.25, 0.3) is 11.1 Å².